The molecular formula is C23H27N3O3. The smallest absolute Gasteiger partial charge is 0.254 e. The van der Waals surface area contributed by atoms with E-state index in [9.17, 15) is 14.4 Å². The fourth-order valence-corrected chi connectivity index (χ4v) is 4.94. The number of hydrogen-bond acceptors (Lipinski definition) is 3. The molecule has 0 bridgehead atoms. The Morgan fingerprint density at radius 3 is 2.52 bits per heavy atom. The number of carbonyl (C=O) groups is 2. The molecule has 2 aromatic rings. The van der Waals surface area contributed by atoms with E-state index in [2.05, 4.69) is 19.1 Å². The first-order chi connectivity index (χ1) is 13.9. The molecule has 0 aliphatic carbocycles. The van der Waals surface area contributed by atoms with Crippen LogP contribution in [0, 0.1) is 18.8 Å². The van der Waals surface area contributed by atoms with Gasteiger partial charge in [-0.05, 0) is 31.0 Å². The Balaban J connectivity index is 1.60. The predicted octanol–water partition coefficient (Wildman–Crippen LogP) is 2.47. The Hall–Kier alpha value is -2.89. The van der Waals surface area contributed by atoms with Gasteiger partial charge in [-0.1, -0.05) is 24.3 Å². The minimum absolute atomic E-state index is 0.00964. The minimum Gasteiger partial charge on any atom is -0.338 e. The summed E-state index contributed by atoms with van der Waals surface area (Å²) < 4.78 is 1.58. The normalized spacial score (nSPS) is 23.3. The second-order valence-corrected chi connectivity index (χ2v) is 8.15. The Kier molecular flexibility index (Phi) is 5.03. The van der Waals surface area contributed by atoms with Crippen molar-refractivity contribution in [3.05, 3.63) is 69.6 Å². The number of amides is 2. The molecule has 2 aliphatic heterocycles. The zero-order chi connectivity index (χ0) is 20.7. The van der Waals surface area contributed by atoms with Gasteiger partial charge < -0.3 is 14.4 Å². The van der Waals surface area contributed by atoms with Gasteiger partial charge in [-0.3, -0.25) is 14.4 Å². The number of carbonyl (C=O) groups excluding carboxylic acids is 2. The monoisotopic (exact) mass is 393 g/mol. The molecule has 0 unspecified atom stereocenters. The Bertz CT molecular complexity index is 1010. The minimum atomic E-state index is -0.154. The van der Waals surface area contributed by atoms with Crippen molar-refractivity contribution < 1.29 is 9.59 Å². The maximum absolute atomic E-state index is 13.1. The molecule has 1 aromatic carbocycles. The SMILES string of the molecule is CCn1ccc(C(=O)N2C[C@@H]3CN(C(C)=O)[C@H](c4ccccc4C)[C@@H]3C2)cc1=O. The number of rotatable bonds is 3. The van der Waals surface area contributed by atoms with Gasteiger partial charge in [-0.25, -0.2) is 0 Å². The van der Waals surface area contributed by atoms with Crippen LogP contribution in [0.5, 0.6) is 0 Å². The molecule has 6 nitrogen and oxygen atoms in total. The number of pyridine rings is 1. The molecule has 0 spiro atoms. The third-order valence-corrected chi connectivity index (χ3v) is 6.45. The van der Waals surface area contributed by atoms with Gasteiger partial charge in [0, 0.05) is 62.8 Å². The number of aryl methyl sites for hydroxylation is 2. The third-order valence-electron chi connectivity index (χ3n) is 6.45. The van der Waals surface area contributed by atoms with E-state index in [-0.39, 0.29) is 35.3 Å². The molecule has 1 aromatic heterocycles. The molecule has 4 rings (SSSR count). The van der Waals surface area contributed by atoms with Crippen LogP contribution in [-0.4, -0.2) is 45.8 Å². The average Bonchev–Trinajstić information content (AvgIpc) is 3.26. The lowest BCUT2D eigenvalue weighted by atomic mass is 9.87. The van der Waals surface area contributed by atoms with Crippen molar-refractivity contribution in [2.75, 3.05) is 19.6 Å². The van der Waals surface area contributed by atoms with Crippen LogP contribution in [0.1, 0.15) is 41.4 Å². The van der Waals surface area contributed by atoms with Gasteiger partial charge in [0.2, 0.25) is 5.91 Å². The molecule has 2 saturated heterocycles. The molecule has 152 valence electrons. The van der Waals surface area contributed by atoms with E-state index < -0.39 is 0 Å². The average molecular weight is 393 g/mol. The molecule has 2 amide bonds. The van der Waals surface area contributed by atoms with Crippen LogP contribution in [0.2, 0.25) is 0 Å². The second kappa shape index (κ2) is 7.50. The predicted molar refractivity (Wildman–Crippen MR) is 111 cm³/mol. The molecule has 6 heteroatoms. The van der Waals surface area contributed by atoms with E-state index >= 15 is 0 Å². The van der Waals surface area contributed by atoms with Crippen molar-refractivity contribution in [3.8, 4) is 0 Å². The highest BCUT2D eigenvalue weighted by Crippen LogP contribution is 2.45. The Morgan fingerprint density at radius 2 is 1.86 bits per heavy atom. The molecule has 0 N–H and O–H groups in total. The molecule has 29 heavy (non-hydrogen) atoms. The van der Waals surface area contributed by atoms with E-state index in [0.29, 0.717) is 31.7 Å². The molecule has 3 atom stereocenters. The highest BCUT2D eigenvalue weighted by molar-refractivity contribution is 5.94. The maximum atomic E-state index is 13.1. The van der Waals surface area contributed by atoms with Crippen molar-refractivity contribution in [1.82, 2.24) is 14.4 Å². The zero-order valence-corrected chi connectivity index (χ0v) is 17.2. The summed E-state index contributed by atoms with van der Waals surface area (Å²) in [4.78, 5) is 41.3. The van der Waals surface area contributed by atoms with E-state index in [4.69, 9.17) is 0 Å². The fourth-order valence-electron chi connectivity index (χ4n) is 4.94. The number of fused-ring (bicyclic) bond motifs is 1. The highest BCUT2D eigenvalue weighted by atomic mass is 16.2. The van der Waals surface area contributed by atoms with Crippen molar-refractivity contribution in [3.63, 3.8) is 0 Å². The summed E-state index contributed by atoms with van der Waals surface area (Å²) in [5, 5.41) is 0. The lowest BCUT2D eigenvalue weighted by Gasteiger charge is -2.30. The topological polar surface area (TPSA) is 62.6 Å². The molecule has 3 heterocycles. The lowest BCUT2D eigenvalue weighted by molar-refractivity contribution is -0.130. The third kappa shape index (κ3) is 3.37. The van der Waals surface area contributed by atoms with Gasteiger partial charge in [-0.15, -0.1) is 0 Å². The molecular weight excluding hydrogens is 366 g/mol. The lowest BCUT2D eigenvalue weighted by Crippen LogP contribution is -2.37. The number of nitrogens with zero attached hydrogens (tertiary/aromatic N) is 3. The first-order valence-electron chi connectivity index (χ1n) is 10.2. The number of aromatic nitrogens is 1. The largest absolute Gasteiger partial charge is 0.338 e. The second-order valence-electron chi connectivity index (χ2n) is 8.15. The first-order valence-corrected chi connectivity index (χ1v) is 10.2. The number of likely N-dealkylation sites (tertiary alicyclic amines) is 2. The van der Waals surface area contributed by atoms with Gasteiger partial charge in [0.15, 0.2) is 0 Å². The van der Waals surface area contributed by atoms with E-state index in [1.807, 2.05) is 28.9 Å². The van der Waals surface area contributed by atoms with E-state index in [1.165, 1.54) is 6.07 Å². The van der Waals surface area contributed by atoms with Crippen LogP contribution in [0.25, 0.3) is 0 Å². The number of benzene rings is 1. The summed E-state index contributed by atoms with van der Waals surface area (Å²) in [6, 6.07) is 11.3. The van der Waals surface area contributed by atoms with Crippen LogP contribution in [-0.2, 0) is 11.3 Å². The van der Waals surface area contributed by atoms with Gasteiger partial charge in [-0.2, -0.15) is 0 Å². The first kappa shape index (κ1) is 19.4. The van der Waals surface area contributed by atoms with Gasteiger partial charge in [0.05, 0.1) is 6.04 Å². The Labute approximate surface area is 170 Å². The summed E-state index contributed by atoms with van der Waals surface area (Å²) >= 11 is 0. The van der Waals surface area contributed by atoms with Crippen molar-refractivity contribution in [2.24, 2.45) is 11.8 Å². The van der Waals surface area contributed by atoms with Gasteiger partial charge in [0.25, 0.3) is 11.5 Å². The van der Waals surface area contributed by atoms with Crippen molar-refractivity contribution in [1.29, 1.82) is 0 Å². The standard InChI is InChI=1S/C23H27N3O3/c1-4-24-10-9-17(11-21(24)28)23(29)25-12-18-13-26(16(3)27)22(20(18)14-25)19-8-6-5-7-15(19)2/h5-11,18,20,22H,4,12-14H2,1-3H3/t18-,20-,22-/m1/s1. The van der Waals surface area contributed by atoms with E-state index in [0.717, 1.165) is 11.1 Å². The summed E-state index contributed by atoms with van der Waals surface area (Å²) in [6.07, 6.45) is 1.68. The van der Waals surface area contributed by atoms with Crippen LogP contribution in [0.4, 0.5) is 0 Å². The van der Waals surface area contributed by atoms with E-state index in [1.54, 1.807) is 23.8 Å². The maximum Gasteiger partial charge on any atom is 0.254 e. The number of hydrogen-bond donors (Lipinski definition) is 0. The van der Waals surface area contributed by atoms with Gasteiger partial charge in [0.1, 0.15) is 0 Å². The fraction of sp³-hybridized carbons (Fsp3) is 0.435. The van der Waals surface area contributed by atoms with Gasteiger partial charge >= 0.3 is 0 Å². The molecule has 0 radical (unpaired) electrons. The van der Waals surface area contributed by atoms with Crippen LogP contribution < -0.4 is 5.56 Å². The van der Waals surface area contributed by atoms with Crippen LogP contribution in [0.15, 0.2) is 47.4 Å². The summed E-state index contributed by atoms with van der Waals surface area (Å²) in [6.45, 7) is 8.06. The quantitative estimate of drug-likeness (QED) is 0.805. The summed E-state index contributed by atoms with van der Waals surface area (Å²) in [5.74, 6) is 0.440. The molecule has 2 aliphatic rings. The highest BCUT2D eigenvalue weighted by Gasteiger charge is 2.49. The summed E-state index contributed by atoms with van der Waals surface area (Å²) in [7, 11) is 0. The zero-order valence-electron chi connectivity index (χ0n) is 17.2. The summed E-state index contributed by atoms with van der Waals surface area (Å²) in [5.41, 5.74) is 2.61. The van der Waals surface area contributed by atoms with Crippen molar-refractivity contribution in [2.45, 2.75) is 33.4 Å². The Morgan fingerprint density at radius 1 is 1.10 bits per heavy atom. The van der Waals surface area contributed by atoms with Crippen LogP contribution >= 0.6 is 0 Å². The van der Waals surface area contributed by atoms with Crippen molar-refractivity contribution >= 4 is 11.8 Å². The molecule has 0 saturated carbocycles. The molecule has 2 fully saturated rings. The van der Waals surface area contributed by atoms with Crippen LogP contribution in [0.3, 0.4) is 0 Å².